The highest BCUT2D eigenvalue weighted by Crippen LogP contribution is 2.19. The van der Waals surface area contributed by atoms with Crippen molar-refractivity contribution in [3.05, 3.63) is 86.1 Å². The Morgan fingerprint density at radius 3 is 2.37 bits per heavy atom. The fraction of sp³-hybridized carbons (Fsp3) is 0.167. The molecule has 3 amide bonds. The van der Waals surface area contributed by atoms with E-state index in [0.717, 1.165) is 4.88 Å². The first-order valence-electron chi connectivity index (χ1n) is 10.4. The van der Waals surface area contributed by atoms with Gasteiger partial charge >= 0.3 is 5.97 Å². The lowest BCUT2D eigenvalue weighted by molar-refractivity contribution is -0.139. The van der Waals surface area contributed by atoms with Gasteiger partial charge in [0.25, 0.3) is 17.7 Å². The van der Waals surface area contributed by atoms with Crippen LogP contribution >= 0.6 is 22.9 Å². The van der Waals surface area contributed by atoms with E-state index in [4.69, 9.17) is 11.6 Å². The number of aliphatic carboxylic acids is 1. The summed E-state index contributed by atoms with van der Waals surface area (Å²) < 4.78 is 0. The van der Waals surface area contributed by atoms with E-state index in [9.17, 15) is 29.4 Å². The Morgan fingerprint density at radius 2 is 1.74 bits per heavy atom. The Balaban J connectivity index is 1.60. The minimum Gasteiger partial charge on any atom is -0.508 e. The molecule has 0 saturated carbocycles. The van der Waals surface area contributed by atoms with Gasteiger partial charge in [0.05, 0.1) is 15.5 Å². The number of nitrogens with one attached hydrogen (secondary N) is 3. The highest BCUT2D eigenvalue weighted by molar-refractivity contribution is 7.13. The number of phenols is 1. The van der Waals surface area contributed by atoms with Gasteiger partial charge in [0.15, 0.2) is 0 Å². The second-order valence-electron chi connectivity index (χ2n) is 7.53. The quantitative estimate of drug-likeness (QED) is 0.296. The van der Waals surface area contributed by atoms with Crippen molar-refractivity contribution in [2.45, 2.75) is 19.5 Å². The Bertz CT molecular complexity index is 1280. The maximum atomic E-state index is 12.6. The summed E-state index contributed by atoms with van der Waals surface area (Å²) in [6.45, 7) is 1.68. The maximum Gasteiger partial charge on any atom is 0.328 e. The van der Waals surface area contributed by atoms with Crippen LogP contribution in [0.1, 0.15) is 40.8 Å². The van der Waals surface area contributed by atoms with Gasteiger partial charge in [0.2, 0.25) is 0 Å². The van der Waals surface area contributed by atoms with Crippen LogP contribution in [0.25, 0.3) is 0 Å². The predicted molar refractivity (Wildman–Crippen MR) is 131 cm³/mol. The SMILES string of the molecule is Cc1ccc(C(=O)NC[C@H](NC(=O)c2ccc(C(=O)NCc3cccc(O)c3)cc2Cl)C(=O)O)s1. The van der Waals surface area contributed by atoms with E-state index < -0.39 is 29.7 Å². The zero-order valence-corrected chi connectivity index (χ0v) is 20.1. The molecule has 9 nitrogen and oxygen atoms in total. The Kier molecular flexibility index (Phi) is 8.45. The van der Waals surface area contributed by atoms with Gasteiger partial charge in [-0.15, -0.1) is 11.3 Å². The first-order valence-corrected chi connectivity index (χ1v) is 11.6. The Labute approximate surface area is 209 Å². The molecule has 0 aliphatic rings. The summed E-state index contributed by atoms with van der Waals surface area (Å²) in [6.07, 6.45) is 0. The Hall–Kier alpha value is -3.89. The molecule has 3 rings (SSSR count). The third-order valence-electron chi connectivity index (χ3n) is 4.87. The standard InChI is InChI=1S/C24H22ClN3O6S/c1-13-5-8-20(35-13)23(32)27-12-19(24(33)34)28-22(31)17-7-6-15(10-18(17)25)21(30)26-11-14-3-2-4-16(29)9-14/h2-10,19,29H,11-12H2,1H3,(H,26,30)(H,27,32)(H,28,31)(H,33,34)/t19-/m0/s1. The lowest BCUT2D eigenvalue weighted by Gasteiger charge is -2.16. The summed E-state index contributed by atoms with van der Waals surface area (Å²) in [5, 5.41) is 26.4. The van der Waals surface area contributed by atoms with Crippen molar-refractivity contribution in [1.29, 1.82) is 0 Å². The number of hydrogen-bond acceptors (Lipinski definition) is 6. The molecule has 0 unspecified atom stereocenters. The van der Waals surface area contributed by atoms with E-state index in [-0.39, 0.29) is 35.0 Å². The fourth-order valence-corrected chi connectivity index (χ4v) is 4.12. The summed E-state index contributed by atoms with van der Waals surface area (Å²) in [5.41, 5.74) is 0.865. The average molecular weight is 516 g/mol. The summed E-state index contributed by atoms with van der Waals surface area (Å²) in [6, 6.07) is 12.4. The molecule has 1 atom stereocenters. The third-order valence-corrected chi connectivity index (χ3v) is 6.19. The maximum absolute atomic E-state index is 12.6. The number of halogens is 1. The van der Waals surface area contributed by atoms with E-state index in [0.29, 0.717) is 10.4 Å². The molecule has 0 saturated heterocycles. The van der Waals surface area contributed by atoms with Crippen LogP contribution < -0.4 is 16.0 Å². The molecule has 0 bridgehead atoms. The van der Waals surface area contributed by atoms with E-state index in [1.807, 2.05) is 6.92 Å². The number of carboxylic acids is 1. The number of benzene rings is 2. The number of phenolic OH excluding ortho intramolecular Hbond substituents is 1. The van der Waals surface area contributed by atoms with E-state index in [1.54, 1.807) is 24.3 Å². The molecule has 2 aromatic carbocycles. The number of amides is 3. The van der Waals surface area contributed by atoms with Crippen LogP contribution in [0, 0.1) is 6.92 Å². The van der Waals surface area contributed by atoms with Gasteiger partial charge in [-0.25, -0.2) is 4.79 Å². The van der Waals surface area contributed by atoms with Crippen molar-refractivity contribution >= 4 is 46.6 Å². The molecule has 0 fully saturated rings. The summed E-state index contributed by atoms with van der Waals surface area (Å²) >= 11 is 7.46. The smallest absolute Gasteiger partial charge is 0.328 e. The van der Waals surface area contributed by atoms with Gasteiger partial charge in [-0.1, -0.05) is 23.7 Å². The summed E-state index contributed by atoms with van der Waals surface area (Å²) in [5.74, 6) is -2.91. The van der Waals surface area contributed by atoms with Crippen molar-refractivity contribution < 1.29 is 29.4 Å². The molecule has 11 heteroatoms. The lowest BCUT2D eigenvalue weighted by Crippen LogP contribution is -2.48. The number of hydrogen-bond donors (Lipinski definition) is 5. The second kappa shape index (κ2) is 11.5. The Morgan fingerprint density at radius 1 is 0.971 bits per heavy atom. The van der Waals surface area contributed by atoms with Crippen LogP contribution in [0.15, 0.2) is 54.6 Å². The molecule has 0 spiro atoms. The molecule has 5 N–H and O–H groups in total. The van der Waals surface area contributed by atoms with Crippen molar-refractivity contribution in [1.82, 2.24) is 16.0 Å². The highest BCUT2D eigenvalue weighted by atomic mass is 35.5. The van der Waals surface area contributed by atoms with Crippen LogP contribution in [0.2, 0.25) is 5.02 Å². The van der Waals surface area contributed by atoms with Crippen molar-refractivity contribution in [2.24, 2.45) is 0 Å². The molecule has 3 aromatic rings. The largest absolute Gasteiger partial charge is 0.508 e. The fourth-order valence-electron chi connectivity index (χ4n) is 3.07. The van der Waals surface area contributed by atoms with Gasteiger partial charge in [-0.2, -0.15) is 0 Å². The van der Waals surface area contributed by atoms with Crippen molar-refractivity contribution in [2.75, 3.05) is 6.54 Å². The average Bonchev–Trinajstić information content (AvgIpc) is 3.26. The van der Waals surface area contributed by atoms with Crippen molar-refractivity contribution in [3.63, 3.8) is 0 Å². The highest BCUT2D eigenvalue weighted by Gasteiger charge is 2.23. The number of thiophene rings is 1. The molecular weight excluding hydrogens is 494 g/mol. The van der Waals surface area contributed by atoms with Crippen LogP contribution in [-0.4, -0.2) is 46.5 Å². The first-order chi connectivity index (χ1) is 16.6. The minimum atomic E-state index is -1.39. The van der Waals surface area contributed by atoms with Gasteiger partial charge in [-0.3, -0.25) is 14.4 Å². The van der Waals surface area contributed by atoms with Gasteiger partial charge in [0.1, 0.15) is 11.8 Å². The van der Waals surface area contributed by atoms with Crippen LogP contribution in [-0.2, 0) is 11.3 Å². The van der Waals surface area contributed by atoms with Crippen LogP contribution in [0.5, 0.6) is 5.75 Å². The topological polar surface area (TPSA) is 145 Å². The summed E-state index contributed by atoms with van der Waals surface area (Å²) in [7, 11) is 0. The molecular formula is C24H22ClN3O6S. The van der Waals surface area contributed by atoms with Crippen molar-refractivity contribution in [3.8, 4) is 5.75 Å². The third kappa shape index (κ3) is 7.05. The van der Waals surface area contributed by atoms with Crippen LogP contribution in [0.4, 0.5) is 0 Å². The van der Waals surface area contributed by atoms with E-state index >= 15 is 0 Å². The normalized spacial score (nSPS) is 11.4. The number of aromatic hydroxyl groups is 1. The van der Waals surface area contributed by atoms with Gasteiger partial charge in [0, 0.05) is 23.5 Å². The molecule has 0 radical (unpaired) electrons. The van der Waals surface area contributed by atoms with Crippen LogP contribution in [0.3, 0.4) is 0 Å². The number of carbonyl (C=O) groups excluding carboxylic acids is 3. The number of aryl methyl sites for hydroxylation is 1. The molecule has 0 aliphatic carbocycles. The molecule has 0 aliphatic heterocycles. The molecule has 182 valence electrons. The summed E-state index contributed by atoms with van der Waals surface area (Å²) in [4.78, 5) is 50.2. The van der Waals surface area contributed by atoms with E-state index in [1.165, 1.54) is 41.7 Å². The number of rotatable bonds is 9. The molecule has 1 heterocycles. The molecule has 35 heavy (non-hydrogen) atoms. The van der Waals surface area contributed by atoms with Gasteiger partial charge < -0.3 is 26.2 Å². The second-order valence-corrected chi connectivity index (χ2v) is 9.23. The lowest BCUT2D eigenvalue weighted by atomic mass is 10.1. The number of carbonyl (C=O) groups is 4. The minimum absolute atomic E-state index is 0.0253. The number of carboxylic acid groups (broad SMARTS) is 1. The first kappa shape index (κ1) is 25.7. The zero-order valence-electron chi connectivity index (χ0n) is 18.5. The van der Waals surface area contributed by atoms with Gasteiger partial charge in [-0.05, 0) is 55.0 Å². The van der Waals surface area contributed by atoms with E-state index in [2.05, 4.69) is 16.0 Å². The predicted octanol–water partition coefficient (Wildman–Crippen LogP) is 2.96. The zero-order chi connectivity index (χ0) is 25.5. The molecule has 1 aromatic heterocycles. The monoisotopic (exact) mass is 515 g/mol.